The number of amides is 5. The number of carbonyl (C=O) groups excluding carboxylic acids is 4. The number of piperidine rings is 2. The number of likely N-dealkylation sites (N-methyl/N-ethyl adjacent to an activating group) is 2. The number of ether oxygens (including phenoxy) is 2. The number of benzene rings is 6. The van der Waals surface area contributed by atoms with Gasteiger partial charge in [-0.1, -0.05) is 84.9 Å². The number of hydrogen-bond acceptors (Lipinski definition) is 10. The average Bonchev–Trinajstić information content (AvgIpc) is 1.58. The molecule has 2 atom stereocenters. The fraction of sp³-hybridized carbons (Fsp3) is 0.446. The summed E-state index contributed by atoms with van der Waals surface area (Å²) in [6.45, 7) is 5.11. The van der Waals surface area contributed by atoms with Crippen LogP contribution in [0.25, 0.3) is 11.1 Å². The third-order valence-corrected chi connectivity index (χ3v) is 20.0. The van der Waals surface area contributed by atoms with Gasteiger partial charge in [0, 0.05) is 121 Å². The van der Waals surface area contributed by atoms with Crippen molar-refractivity contribution in [1.82, 2.24) is 29.4 Å². The lowest BCUT2D eigenvalue weighted by Crippen LogP contribution is -2.50. The lowest BCUT2D eigenvalue weighted by Gasteiger charge is -2.44. The summed E-state index contributed by atoms with van der Waals surface area (Å²) in [5.41, 5.74) is 1.11. The number of para-hydroxylation sites is 1. The third kappa shape index (κ3) is 19.2. The van der Waals surface area contributed by atoms with Crippen LogP contribution in [-0.2, 0) is 48.9 Å². The number of hydrogen-bond donors (Lipinski definition) is 1. The minimum atomic E-state index is -5.15. The van der Waals surface area contributed by atoms with Gasteiger partial charge in [-0.05, 0) is 154 Å². The smallest absolute Gasteiger partial charge is 0.416 e. The first-order valence-electron chi connectivity index (χ1n) is 33.2. The lowest BCUT2D eigenvalue weighted by molar-refractivity contribution is -0.143. The average molecular weight is 1460 g/mol. The Hall–Kier alpha value is -7.51. The van der Waals surface area contributed by atoms with Crippen molar-refractivity contribution in [2.45, 2.75) is 99.7 Å². The minimum absolute atomic E-state index is 0. The van der Waals surface area contributed by atoms with Crippen LogP contribution in [0.1, 0.15) is 106 Å². The maximum atomic E-state index is 14.2. The van der Waals surface area contributed by atoms with Crippen molar-refractivity contribution in [3.05, 3.63) is 190 Å². The zero-order valence-electron chi connectivity index (χ0n) is 56.5. The Balaban J connectivity index is 0.00000468. The molecule has 4 aliphatic rings. The highest BCUT2D eigenvalue weighted by Crippen LogP contribution is 2.49. The lowest BCUT2D eigenvalue weighted by atomic mass is 9.72. The molecule has 1 N–H and O–H groups in total. The van der Waals surface area contributed by atoms with Gasteiger partial charge in [0.05, 0.1) is 29.5 Å². The van der Waals surface area contributed by atoms with Gasteiger partial charge >= 0.3 is 18.4 Å². The van der Waals surface area contributed by atoms with Gasteiger partial charge < -0.3 is 48.9 Å². The maximum absolute atomic E-state index is 14.2. The molecule has 3 aliphatic heterocycles. The standard InChI is InChI=1S/C74H85F7N8O8.3ClH/c1-82(35-13-12-21-66(90)84(3)43-44-86-38-30-61(31-39-86)89(70(94)95)64-20-11-9-18-62(64)52-15-6-5-7-16-52)60-28-22-53(23-29-60)68(92)85(4)37-14-36-83(2)67(91)49-96-65-47-54-17-8-10-19-63(54)71(65)32-40-87(41-33-71)42-34-72(56-24-26-59(75)27-25-56)50-88(51-97-72)69(93)55-45-57(73(76,77)78)48-58(46-55)74(79,80)81;;;/h5-11,15-20,22-29,45-46,48,61,65H,12-14,21,30-44,47,49-51H2,1-4H3,(H,94,95);3*1H/t65-,72+;;;/m0.../s1. The van der Waals surface area contributed by atoms with Crippen LogP contribution in [0, 0.1) is 5.82 Å². The molecule has 5 amide bonds. The molecule has 1 spiro atoms. The van der Waals surface area contributed by atoms with E-state index in [2.05, 4.69) is 26.8 Å². The molecule has 6 aromatic carbocycles. The van der Waals surface area contributed by atoms with Crippen molar-refractivity contribution in [1.29, 1.82) is 0 Å². The van der Waals surface area contributed by atoms with Crippen LogP contribution in [0.5, 0.6) is 0 Å². The summed E-state index contributed by atoms with van der Waals surface area (Å²) in [5.74, 6) is -1.87. The fourth-order valence-corrected chi connectivity index (χ4v) is 14.2. The quantitative estimate of drug-likeness (QED) is 0.0431. The molecule has 10 rings (SSSR count). The highest BCUT2D eigenvalue weighted by Gasteiger charge is 2.50. The van der Waals surface area contributed by atoms with E-state index in [1.807, 2.05) is 93.0 Å². The van der Waals surface area contributed by atoms with E-state index >= 15 is 0 Å². The van der Waals surface area contributed by atoms with Crippen LogP contribution in [-0.4, -0.2) is 190 Å². The van der Waals surface area contributed by atoms with E-state index in [0.717, 1.165) is 65.3 Å². The summed E-state index contributed by atoms with van der Waals surface area (Å²) in [6.07, 6.45) is -5.52. The van der Waals surface area contributed by atoms with E-state index in [-0.39, 0.29) is 92.7 Å². The second-order valence-electron chi connectivity index (χ2n) is 26.2. The van der Waals surface area contributed by atoms with Crippen LogP contribution in [0.3, 0.4) is 0 Å². The Morgan fingerprint density at radius 1 is 0.630 bits per heavy atom. The monoisotopic (exact) mass is 1450 g/mol. The first kappa shape index (κ1) is 79.8. The molecule has 0 unspecified atom stereocenters. The van der Waals surface area contributed by atoms with E-state index in [1.54, 1.807) is 40.9 Å². The van der Waals surface area contributed by atoms with Gasteiger partial charge in [0.1, 0.15) is 24.8 Å². The number of unbranched alkanes of at least 4 members (excludes halogenated alkanes) is 1. The number of fused-ring (bicyclic) bond motifs is 2. The van der Waals surface area contributed by atoms with Crippen LogP contribution in [0.15, 0.2) is 146 Å². The molecule has 100 heavy (non-hydrogen) atoms. The van der Waals surface area contributed by atoms with Crippen molar-refractivity contribution in [3.63, 3.8) is 0 Å². The first-order chi connectivity index (χ1) is 46.3. The number of alkyl halides is 6. The second kappa shape index (κ2) is 34.9. The Bertz CT molecular complexity index is 3680. The second-order valence-corrected chi connectivity index (χ2v) is 26.2. The molecule has 6 aromatic rings. The molecule has 0 saturated carbocycles. The fourth-order valence-electron chi connectivity index (χ4n) is 14.2. The van der Waals surface area contributed by atoms with E-state index < -0.39 is 64.6 Å². The molecule has 1 aliphatic carbocycles. The summed E-state index contributed by atoms with van der Waals surface area (Å²) in [4.78, 5) is 81.1. The van der Waals surface area contributed by atoms with Gasteiger partial charge in [-0.2, -0.15) is 26.3 Å². The molecule has 0 aromatic heterocycles. The molecule has 16 nitrogen and oxygen atoms in total. The van der Waals surface area contributed by atoms with Crippen molar-refractivity contribution in [2.24, 2.45) is 0 Å². The molecular formula is C74H88Cl3F7N8O8. The molecule has 3 fully saturated rings. The van der Waals surface area contributed by atoms with E-state index in [4.69, 9.17) is 9.47 Å². The predicted octanol–water partition coefficient (Wildman–Crippen LogP) is 13.8. The number of halogens is 10. The van der Waals surface area contributed by atoms with Gasteiger partial charge in [0.15, 0.2) is 0 Å². The van der Waals surface area contributed by atoms with Crippen molar-refractivity contribution in [3.8, 4) is 11.1 Å². The van der Waals surface area contributed by atoms with Crippen LogP contribution in [0.2, 0.25) is 0 Å². The summed E-state index contributed by atoms with van der Waals surface area (Å²) < 4.78 is 110. The predicted molar refractivity (Wildman–Crippen MR) is 377 cm³/mol. The SMILES string of the molecule is CN(CCN1CCC(N(C(=O)O)c2ccccc2-c2ccccc2)CC1)C(=O)CCCCN(C)c1ccc(C(=O)N(C)CCCN(C)C(=O)CO[C@H]2Cc3ccccc3C23CCN(CC[C@]2(c4ccc(F)cc4)CN(C(=O)c4cc(C(F)(F)F)cc(C(F)(F)F)c4)CO2)CC3)cc1.Cl.Cl.Cl. The van der Waals surface area contributed by atoms with Crippen molar-refractivity contribution < 1.29 is 69.3 Å². The molecule has 0 bridgehead atoms. The maximum Gasteiger partial charge on any atom is 0.416 e. The molecule has 26 heteroatoms. The number of carbonyl (C=O) groups is 5. The molecule has 3 saturated heterocycles. The van der Waals surface area contributed by atoms with Crippen LogP contribution >= 0.6 is 37.2 Å². The normalized spacial score (nSPS) is 17.7. The Morgan fingerprint density at radius 3 is 1.88 bits per heavy atom. The van der Waals surface area contributed by atoms with Crippen LogP contribution < -0.4 is 9.80 Å². The topological polar surface area (TPSA) is 150 Å². The summed E-state index contributed by atoms with van der Waals surface area (Å²) in [6, 6.07) is 39.1. The zero-order valence-corrected chi connectivity index (χ0v) is 59.0. The number of nitrogens with zero attached hydrogens (tertiary/aromatic N) is 8. The van der Waals surface area contributed by atoms with Crippen molar-refractivity contribution >= 4 is 78.3 Å². The Morgan fingerprint density at radius 2 is 1.23 bits per heavy atom. The van der Waals surface area contributed by atoms with E-state index in [1.165, 1.54) is 29.2 Å². The Labute approximate surface area is 598 Å². The minimum Gasteiger partial charge on any atom is -0.465 e. The van der Waals surface area contributed by atoms with Crippen molar-refractivity contribution in [2.75, 3.05) is 123 Å². The summed E-state index contributed by atoms with van der Waals surface area (Å²) >= 11 is 0. The molecule has 542 valence electrons. The van der Waals surface area contributed by atoms with Gasteiger partial charge in [-0.25, -0.2) is 9.18 Å². The number of carboxylic acid groups (broad SMARTS) is 1. The summed E-state index contributed by atoms with van der Waals surface area (Å²) in [5, 5.41) is 10.4. The number of likely N-dealkylation sites (tertiary alicyclic amines) is 2. The number of anilines is 2. The molecule has 3 heterocycles. The number of rotatable bonds is 25. The first-order valence-corrected chi connectivity index (χ1v) is 33.2. The van der Waals surface area contributed by atoms with Gasteiger partial charge in [-0.3, -0.25) is 24.1 Å². The highest BCUT2D eigenvalue weighted by atomic mass is 35.5. The van der Waals surface area contributed by atoms with Gasteiger partial charge in [-0.15, -0.1) is 37.2 Å². The third-order valence-electron chi connectivity index (χ3n) is 20.0. The van der Waals surface area contributed by atoms with Gasteiger partial charge in [0.2, 0.25) is 11.8 Å². The van der Waals surface area contributed by atoms with E-state index in [0.29, 0.717) is 120 Å². The van der Waals surface area contributed by atoms with Gasteiger partial charge in [0.25, 0.3) is 11.8 Å². The highest BCUT2D eigenvalue weighted by molar-refractivity contribution is 5.96. The van der Waals surface area contributed by atoms with E-state index in [9.17, 15) is 59.8 Å². The summed E-state index contributed by atoms with van der Waals surface area (Å²) in [7, 11) is 7.27. The molecule has 0 radical (unpaired) electrons. The molecular weight excluding hydrogens is 1370 g/mol. The zero-order chi connectivity index (χ0) is 69.2. The van der Waals surface area contributed by atoms with Crippen LogP contribution in [0.4, 0.5) is 46.9 Å². The Kier molecular flexibility index (Phi) is 27.9. The largest absolute Gasteiger partial charge is 0.465 e.